The molecule has 2 atom stereocenters. The minimum absolute atomic E-state index is 0.0593. The van der Waals surface area contributed by atoms with Gasteiger partial charge in [-0.3, -0.25) is 14.3 Å². The molecule has 2 amide bonds. The maximum Gasteiger partial charge on any atom is 0.272 e. The summed E-state index contributed by atoms with van der Waals surface area (Å²) in [4.78, 5) is 26.0. The number of carbonyl (C=O) groups excluding carboxylic acids is 2. The van der Waals surface area contributed by atoms with Crippen molar-refractivity contribution in [3.05, 3.63) is 17.5 Å². The van der Waals surface area contributed by atoms with Gasteiger partial charge in [0.15, 0.2) is 5.69 Å². The molecule has 1 fully saturated rings. The van der Waals surface area contributed by atoms with Gasteiger partial charge in [0.25, 0.3) is 5.91 Å². The van der Waals surface area contributed by atoms with Crippen LogP contribution in [-0.2, 0) is 22.6 Å². The second kappa shape index (κ2) is 7.34. The van der Waals surface area contributed by atoms with Gasteiger partial charge >= 0.3 is 0 Å². The molecule has 1 aromatic rings. The second-order valence-electron chi connectivity index (χ2n) is 6.76. The van der Waals surface area contributed by atoms with E-state index < -0.39 is 0 Å². The van der Waals surface area contributed by atoms with Crippen molar-refractivity contribution >= 4 is 11.8 Å². The van der Waals surface area contributed by atoms with Gasteiger partial charge in [-0.25, -0.2) is 0 Å². The van der Waals surface area contributed by atoms with Crippen molar-refractivity contribution < 1.29 is 14.3 Å². The van der Waals surface area contributed by atoms with E-state index in [4.69, 9.17) is 4.74 Å². The Morgan fingerprint density at radius 1 is 1.33 bits per heavy atom. The molecular formula is C17H26N4O3. The van der Waals surface area contributed by atoms with Gasteiger partial charge in [-0.05, 0) is 25.3 Å². The van der Waals surface area contributed by atoms with Crippen molar-refractivity contribution in [3.8, 4) is 0 Å². The Hall–Kier alpha value is -1.89. The fraction of sp³-hybridized carbons (Fsp3) is 0.706. The van der Waals surface area contributed by atoms with E-state index in [2.05, 4.69) is 10.4 Å². The zero-order chi connectivity index (χ0) is 17.1. The van der Waals surface area contributed by atoms with E-state index in [0.29, 0.717) is 24.8 Å². The highest BCUT2D eigenvalue weighted by Gasteiger charge is 2.29. The first-order valence-electron chi connectivity index (χ1n) is 8.70. The van der Waals surface area contributed by atoms with Gasteiger partial charge in [0.05, 0.1) is 18.8 Å². The summed E-state index contributed by atoms with van der Waals surface area (Å²) in [6, 6.07) is 1.98. The zero-order valence-corrected chi connectivity index (χ0v) is 14.5. The molecule has 1 aromatic heterocycles. The van der Waals surface area contributed by atoms with E-state index in [-0.39, 0.29) is 17.9 Å². The first kappa shape index (κ1) is 17.0. The van der Waals surface area contributed by atoms with Gasteiger partial charge in [-0.1, -0.05) is 6.42 Å². The summed E-state index contributed by atoms with van der Waals surface area (Å²) in [5.41, 5.74) is 1.37. The minimum atomic E-state index is -0.127. The van der Waals surface area contributed by atoms with Crippen LogP contribution >= 0.6 is 0 Å². The van der Waals surface area contributed by atoms with E-state index in [9.17, 15) is 9.59 Å². The lowest BCUT2D eigenvalue weighted by atomic mass is 10.0. The van der Waals surface area contributed by atoms with Crippen LogP contribution in [0.5, 0.6) is 0 Å². The molecule has 3 rings (SSSR count). The van der Waals surface area contributed by atoms with Crippen LogP contribution in [0.15, 0.2) is 6.07 Å². The Balaban J connectivity index is 1.68. The molecule has 1 aliphatic heterocycles. The first-order valence-corrected chi connectivity index (χ1v) is 8.70. The van der Waals surface area contributed by atoms with E-state index in [1.807, 2.05) is 10.7 Å². The molecular weight excluding hydrogens is 308 g/mol. The van der Waals surface area contributed by atoms with Gasteiger partial charge in [0.1, 0.15) is 0 Å². The fourth-order valence-corrected chi connectivity index (χ4v) is 3.72. The molecule has 2 aliphatic rings. The van der Waals surface area contributed by atoms with Gasteiger partial charge in [-0.2, -0.15) is 5.10 Å². The molecule has 0 saturated heterocycles. The third-order valence-electron chi connectivity index (χ3n) is 5.05. The molecule has 0 radical (unpaired) electrons. The minimum Gasteiger partial charge on any atom is -0.384 e. The number of hydrogen-bond donors (Lipinski definition) is 1. The molecule has 2 heterocycles. The van der Waals surface area contributed by atoms with E-state index in [0.717, 1.165) is 44.5 Å². The molecule has 0 spiro atoms. The van der Waals surface area contributed by atoms with Crippen LogP contribution in [0.1, 0.15) is 48.8 Å². The molecule has 0 unspecified atom stereocenters. The third-order valence-corrected chi connectivity index (χ3v) is 5.05. The van der Waals surface area contributed by atoms with Crippen molar-refractivity contribution in [3.63, 3.8) is 0 Å². The Morgan fingerprint density at radius 3 is 2.92 bits per heavy atom. The summed E-state index contributed by atoms with van der Waals surface area (Å²) in [7, 11) is 1.70. The quantitative estimate of drug-likeness (QED) is 0.897. The number of methoxy groups -OCH3 is 1. The lowest BCUT2D eigenvalue weighted by Crippen LogP contribution is -2.39. The average Bonchev–Trinajstić information content (AvgIpc) is 3.09. The second-order valence-corrected chi connectivity index (χ2v) is 6.76. The highest BCUT2D eigenvalue weighted by atomic mass is 16.5. The topological polar surface area (TPSA) is 76.5 Å². The molecule has 0 aromatic carbocycles. The summed E-state index contributed by atoms with van der Waals surface area (Å²) in [6.45, 7) is 4.25. The highest BCUT2D eigenvalue weighted by molar-refractivity contribution is 5.92. The lowest BCUT2D eigenvalue weighted by molar-refractivity contribution is -0.129. The third kappa shape index (κ3) is 3.61. The van der Waals surface area contributed by atoms with Crippen molar-refractivity contribution in [2.24, 2.45) is 5.92 Å². The molecule has 7 nitrogen and oxygen atoms in total. The van der Waals surface area contributed by atoms with E-state index in [1.54, 1.807) is 18.9 Å². The number of nitrogens with zero attached hydrogens (tertiary/aromatic N) is 3. The monoisotopic (exact) mass is 334 g/mol. The largest absolute Gasteiger partial charge is 0.384 e. The van der Waals surface area contributed by atoms with Crippen LogP contribution in [-0.4, -0.2) is 52.8 Å². The average molecular weight is 334 g/mol. The summed E-state index contributed by atoms with van der Waals surface area (Å²) < 4.78 is 7.11. The Kier molecular flexibility index (Phi) is 5.18. The number of amides is 2. The summed E-state index contributed by atoms with van der Waals surface area (Å²) in [6.07, 6.45) is 4.05. The summed E-state index contributed by atoms with van der Waals surface area (Å²) >= 11 is 0. The number of nitrogens with one attached hydrogen (secondary N) is 1. The van der Waals surface area contributed by atoms with Crippen molar-refractivity contribution in [1.82, 2.24) is 20.0 Å². The Bertz CT molecular complexity index is 613. The van der Waals surface area contributed by atoms with Crippen LogP contribution in [0, 0.1) is 5.92 Å². The van der Waals surface area contributed by atoms with Crippen LogP contribution < -0.4 is 5.32 Å². The van der Waals surface area contributed by atoms with Crippen molar-refractivity contribution in [2.75, 3.05) is 20.3 Å². The number of aromatic nitrogens is 2. The molecule has 1 N–H and O–H groups in total. The number of hydrogen-bond acceptors (Lipinski definition) is 4. The standard InChI is InChI=1S/C17H26N4O3/c1-12(22)20-7-4-8-21-14(10-20)9-16(19-21)17(23)18-15-6-3-5-13(15)11-24-2/h9,13,15H,3-8,10-11H2,1-2H3,(H,18,23)/t13-,15-/m1/s1. The normalized spacial score (nSPS) is 23.7. The summed E-state index contributed by atoms with van der Waals surface area (Å²) in [5.74, 6) is 0.314. The smallest absolute Gasteiger partial charge is 0.272 e. The number of ether oxygens (including phenoxy) is 1. The number of carbonyl (C=O) groups is 2. The molecule has 1 saturated carbocycles. The van der Waals surface area contributed by atoms with E-state index in [1.165, 1.54) is 0 Å². The molecule has 24 heavy (non-hydrogen) atoms. The predicted molar refractivity (Wildman–Crippen MR) is 88.4 cm³/mol. The molecule has 0 bridgehead atoms. The van der Waals surface area contributed by atoms with Crippen LogP contribution in [0.2, 0.25) is 0 Å². The predicted octanol–water partition coefficient (Wildman–Crippen LogP) is 1.18. The first-order chi connectivity index (χ1) is 11.6. The molecule has 132 valence electrons. The van der Waals surface area contributed by atoms with Crippen molar-refractivity contribution in [2.45, 2.75) is 51.7 Å². The Morgan fingerprint density at radius 2 is 2.17 bits per heavy atom. The van der Waals surface area contributed by atoms with Gasteiger partial charge in [0, 0.05) is 39.1 Å². The van der Waals surface area contributed by atoms with Gasteiger partial charge in [0.2, 0.25) is 5.91 Å². The Labute approximate surface area is 142 Å². The van der Waals surface area contributed by atoms with Crippen LogP contribution in [0.3, 0.4) is 0 Å². The maximum absolute atomic E-state index is 12.6. The van der Waals surface area contributed by atoms with Crippen LogP contribution in [0.4, 0.5) is 0 Å². The summed E-state index contributed by atoms with van der Waals surface area (Å²) in [5, 5.41) is 7.57. The van der Waals surface area contributed by atoms with Gasteiger partial charge < -0.3 is 15.0 Å². The zero-order valence-electron chi connectivity index (χ0n) is 14.5. The van der Waals surface area contributed by atoms with Crippen LogP contribution in [0.25, 0.3) is 0 Å². The van der Waals surface area contributed by atoms with Gasteiger partial charge in [-0.15, -0.1) is 0 Å². The SMILES string of the molecule is COC[C@H]1CCC[C@H]1NC(=O)c1cc2n(n1)CCCN(C(C)=O)C2. The maximum atomic E-state index is 12.6. The highest BCUT2D eigenvalue weighted by Crippen LogP contribution is 2.26. The number of aryl methyl sites for hydroxylation is 1. The fourth-order valence-electron chi connectivity index (χ4n) is 3.72. The lowest BCUT2D eigenvalue weighted by Gasteiger charge is -2.19. The van der Waals surface area contributed by atoms with Crippen molar-refractivity contribution in [1.29, 1.82) is 0 Å². The van der Waals surface area contributed by atoms with E-state index >= 15 is 0 Å². The molecule has 1 aliphatic carbocycles. The number of fused-ring (bicyclic) bond motifs is 1. The molecule has 7 heteroatoms. The number of rotatable bonds is 4.